The molecule has 136 valence electrons. The van der Waals surface area contributed by atoms with Gasteiger partial charge in [0.1, 0.15) is 0 Å². The molecule has 26 heavy (non-hydrogen) atoms. The van der Waals surface area contributed by atoms with Crippen molar-refractivity contribution in [3.8, 4) is 0 Å². The first-order chi connectivity index (χ1) is 12.5. The largest absolute Gasteiger partial charge is 0.360 e. The quantitative estimate of drug-likeness (QED) is 0.732. The lowest BCUT2D eigenvalue weighted by Crippen LogP contribution is -3.15. The SMILES string of the molecule is CC(=O)c1ccc(N2CC[NH+](CC(=O)Nc3ccc(Br)cc3)CC2)cc1. The van der Waals surface area contributed by atoms with E-state index in [4.69, 9.17) is 0 Å². The molecule has 0 bridgehead atoms. The molecule has 6 heteroatoms. The number of rotatable bonds is 5. The average Bonchev–Trinajstić information content (AvgIpc) is 2.64. The molecule has 0 atom stereocenters. The van der Waals surface area contributed by atoms with E-state index < -0.39 is 0 Å². The number of ketones is 1. The third-order valence-electron chi connectivity index (χ3n) is 4.65. The number of nitrogens with one attached hydrogen (secondary N) is 2. The van der Waals surface area contributed by atoms with Gasteiger partial charge >= 0.3 is 0 Å². The molecule has 1 amide bonds. The van der Waals surface area contributed by atoms with Crippen LogP contribution < -0.4 is 15.1 Å². The Morgan fingerprint density at radius 1 is 1.04 bits per heavy atom. The summed E-state index contributed by atoms with van der Waals surface area (Å²) in [5.41, 5.74) is 2.69. The van der Waals surface area contributed by atoms with Gasteiger partial charge in [0.15, 0.2) is 12.3 Å². The van der Waals surface area contributed by atoms with Crippen LogP contribution in [0.2, 0.25) is 0 Å². The molecule has 1 saturated heterocycles. The van der Waals surface area contributed by atoms with Crippen molar-refractivity contribution >= 4 is 39.0 Å². The molecule has 0 unspecified atom stereocenters. The zero-order chi connectivity index (χ0) is 18.5. The third kappa shape index (κ3) is 4.93. The number of quaternary nitrogens is 1. The van der Waals surface area contributed by atoms with Crippen molar-refractivity contribution in [1.82, 2.24) is 0 Å². The summed E-state index contributed by atoms with van der Waals surface area (Å²) in [5.74, 6) is 0.129. The highest BCUT2D eigenvalue weighted by Gasteiger charge is 2.22. The van der Waals surface area contributed by atoms with Gasteiger partial charge in [-0.25, -0.2) is 0 Å². The number of halogens is 1. The minimum atomic E-state index is 0.0431. The molecule has 1 aliphatic rings. The Hall–Kier alpha value is -2.18. The van der Waals surface area contributed by atoms with E-state index in [9.17, 15) is 9.59 Å². The molecule has 1 aliphatic heterocycles. The van der Waals surface area contributed by atoms with Crippen molar-refractivity contribution in [1.29, 1.82) is 0 Å². The summed E-state index contributed by atoms with van der Waals surface area (Å²) in [4.78, 5) is 27.2. The second kappa shape index (κ2) is 8.47. The predicted octanol–water partition coefficient (Wildman–Crippen LogP) is 2.00. The van der Waals surface area contributed by atoms with Crippen LogP contribution in [-0.2, 0) is 4.79 Å². The number of benzene rings is 2. The second-order valence-electron chi connectivity index (χ2n) is 6.57. The van der Waals surface area contributed by atoms with Crippen molar-refractivity contribution in [2.45, 2.75) is 6.92 Å². The molecule has 0 aliphatic carbocycles. The van der Waals surface area contributed by atoms with Crippen LogP contribution in [0.25, 0.3) is 0 Å². The minimum absolute atomic E-state index is 0.0431. The third-order valence-corrected chi connectivity index (χ3v) is 5.18. The number of amides is 1. The lowest BCUT2D eigenvalue weighted by molar-refractivity contribution is -0.892. The molecule has 1 heterocycles. The summed E-state index contributed by atoms with van der Waals surface area (Å²) in [7, 11) is 0. The van der Waals surface area contributed by atoms with Crippen LogP contribution in [-0.4, -0.2) is 44.4 Å². The maximum atomic E-state index is 12.2. The standard InChI is InChI=1S/C20H22BrN3O2/c1-15(25)16-2-8-19(9-3-16)24-12-10-23(11-13-24)14-20(26)22-18-6-4-17(21)5-7-18/h2-9H,10-14H2,1H3,(H,22,26)/p+1. The molecule has 0 saturated carbocycles. The lowest BCUT2D eigenvalue weighted by Gasteiger charge is -2.33. The van der Waals surface area contributed by atoms with E-state index >= 15 is 0 Å². The van der Waals surface area contributed by atoms with Gasteiger partial charge in [0.05, 0.1) is 26.2 Å². The Balaban J connectivity index is 1.48. The second-order valence-corrected chi connectivity index (χ2v) is 7.49. The van der Waals surface area contributed by atoms with Crippen LogP contribution in [0.5, 0.6) is 0 Å². The van der Waals surface area contributed by atoms with E-state index in [-0.39, 0.29) is 11.7 Å². The van der Waals surface area contributed by atoms with E-state index in [2.05, 4.69) is 26.1 Å². The van der Waals surface area contributed by atoms with Gasteiger partial charge in [0, 0.05) is 21.4 Å². The zero-order valence-corrected chi connectivity index (χ0v) is 16.4. The Kier molecular flexibility index (Phi) is 6.06. The Bertz CT molecular complexity index is 767. The summed E-state index contributed by atoms with van der Waals surface area (Å²) in [6.07, 6.45) is 0. The molecule has 0 radical (unpaired) electrons. The molecule has 3 rings (SSSR count). The van der Waals surface area contributed by atoms with Crippen molar-refractivity contribution in [2.24, 2.45) is 0 Å². The average molecular weight is 417 g/mol. The number of piperazine rings is 1. The molecule has 2 aromatic carbocycles. The van der Waals surface area contributed by atoms with Crippen molar-refractivity contribution in [2.75, 3.05) is 42.9 Å². The van der Waals surface area contributed by atoms with Gasteiger partial charge < -0.3 is 15.1 Å². The van der Waals surface area contributed by atoms with Crippen LogP contribution in [0.1, 0.15) is 17.3 Å². The van der Waals surface area contributed by atoms with E-state index in [1.54, 1.807) is 6.92 Å². The lowest BCUT2D eigenvalue weighted by atomic mass is 10.1. The maximum Gasteiger partial charge on any atom is 0.279 e. The molecular weight excluding hydrogens is 394 g/mol. The summed E-state index contributed by atoms with van der Waals surface area (Å²) < 4.78 is 0.994. The van der Waals surface area contributed by atoms with Crippen LogP contribution in [0.15, 0.2) is 53.0 Å². The predicted molar refractivity (Wildman–Crippen MR) is 107 cm³/mol. The number of carbonyl (C=O) groups is 2. The van der Waals surface area contributed by atoms with Gasteiger partial charge in [0.2, 0.25) is 0 Å². The molecule has 0 aromatic heterocycles. The number of Topliss-reactive ketones (excluding diaryl/α,β-unsaturated/α-hetero) is 1. The highest BCUT2D eigenvalue weighted by Crippen LogP contribution is 2.16. The first-order valence-electron chi connectivity index (χ1n) is 8.76. The van der Waals surface area contributed by atoms with E-state index in [0.717, 1.165) is 47.6 Å². The van der Waals surface area contributed by atoms with E-state index in [1.807, 2.05) is 48.5 Å². The smallest absolute Gasteiger partial charge is 0.279 e. The maximum absolute atomic E-state index is 12.2. The fraction of sp³-hybridized carbons (Fsp3) is 0.300. The van der Waals surface area contributed by atoms with Gasteiger partial charge in [-0.3, -0.25) is 9.59 Å². The van der Waals surface area contributed by atoms with Crippen LogP contribution in [0, 0.1) is 0 Å². The molecule has 0 spiro atoms. The number of carbonyl (C=O) groups excluding carboxylic acids is 2. The highest BCUT2D eigenvalue weighted by molar-refractivity contribution is 9.10. The number of nitrogens with zero attached hydrogens (tertiary/aromatic N) is 1. The van der Waals surface area contributed by atoms with Crippen molar-refractivity contribution < 1.29 is 14.5 Å². The van der Waals surface area contributed by atoms with E-state index in [1.165, 1.54) is 4.90 Å². The first-order valence-corrected chi connectivity index (χ1v) is 9.55. The number of hydrogen-bond donors (Lipinski definition) is 2. The topological polar surface area (TPSA) is 53.9 Å². The van der Waals surface area contributed by atoms with E-state index in [0.29, 0.717) is 6.54 Å². The van der Waals surface area contributed by atoms with Crippen LogP contribution in [0.3, 0.4) is 0 Å². The Morgan fingerprint density at radius 3 is 2.23 bits per heavy atom. The molecule has 2 aromatic rings. The molecule has 1 fully saturated rings. The van der Waals surface area contributed by atoms with Crippen LogP contribution >= 0.6 is 15.9 Å². The Morgan fingerprint density at radius 2 is 1.65 bits per heavy atom. The summed E-state index contributed by atoms with van der Waals surface area (Å²) in [5, 5.41) is 2.95. The zero-order valence-electron chi connectivity index (χ0n) is 14.8. The van der Waals surface area contributed by atoms with Gasteiger partial charge in [-0.05, 0) is 55.5 Å². The minimum Gasteiger partial charge on any atom is -0.360 e. The fourth-order valence-electron chi connectivity index (χ4n) is 3.13. The summed E-state index contributed by atoms with van der Waals surface area (Å²) in [6.45, 7) is 5.70. The highest BCUT2D eigenvalue weighted by atomic mass is 79.9. The van der Waals surface area contributed by atoms with Crippen molar-refractivity contribution in [3.63, 3.8) is 0 Å². The van der Waals surface area contributed by atoms with Gasteiger partial charge in [-0.15, -0.1) is 0 Å². The summed E-state index contributed by atoms with van der Waals surface area (Å²) >= 11 is 3.39. The first kappa shape index (κ1) is 18.6. The number of anilines is 2. The normalized spacial score (nSPS) is 14.9. The Labute approximate surface area is 162 Å². The monoisotopic (exact) mass is 416 g/mol. The van der Waals surface area contributed by atoms with Crippen LogP contribution in [0.4, 0.5) is 11.4 Å². The van der Waals surface area contributed by atoms with Crippen molar-refractivity contribution in [3.05, 3.63) is 58.6 Å². The molecule has 5 nitrogen and oxygen atoms in total. The van der Waals surface area contributed by atoms with Gasteiger partial charge in [-0.1, -0.05) is 15.9 Å². The van der Waals surface area contributed by atoms with Gasteiger partial charge in [-0.2, -0.15) is 0 Å². The summed E-state index contributed by atoms with van der Waals surface area (Å²) in [6, 6.07) is 15.4. The van der Waals surface area contributed by atoms with Gasteiger partial charge in [0.25, 0.3) is 5.91 Å². The molecule has 2 N–H and O–H groups in total. The molecular formula is C20H23BrN3O2+. The fourth-order valence-corrected chi connectivity index (χ4v) is 3.39. The number of hydrogen-bond acceptors (Lipinski definition) is 3.